The van der Waals surface area contributed by atoms with Crippen LogP contribution in [0, 0.1) is 6.92 Å². The molecule has 1 aromatic heterocycles. The number of rotatable bonds is 8. The summed E-state index contributed by atoms with van der Waals surface area (Å²) in [4.78, 5) is 24.8. The zero-order chi connectivity index (χ0) is 23.3. The number of carbonyl (C=O) groups excluding carboxylic acids is 1. The summed E-state index contributed by atoms with van der Waals surface area (Å²) in [6, 6.07) is 15.5. The van der Waals surface area contributed by atoms with Gasteiger partial charge in [-0.25, -0.2) is 0 Å². The molecule has 2 aromatic carbocycles. The van der Waals surface area contributed by atoms with Crippen LogP contribution in [0.15, 0.2) is 59.4 Å². The molecule has 168 valence electrons. The van der Waals surface area contributed by atoms with Crippen LogP contribution in [0.1, 0.15) is 31.9 Å². The van der Waals surface area contributed by atoms with Crippen LogP contribution in [0.2, 0.25) is 5.02 Å². The van der Waals surface area contributed by atoms with Crippen molar-refractivity contribution in [2.75, 3.05) is 0 Å². The summed E-state index contributed by atoms with van der Waals surface area (Å²) >= 11 is 6.07. The molecule has 7 nitrogen and oxygen atoms in total. The van der Waals surface area contributed by atoms with Crippen molar-refractivity contribution in [2.45, 2.75) is 46.4 Å². The number of aryl methyl sites for hydroxylation is 1. The molecule has 3 rings (SSSR count). The van der Waals surface area contributed by atoms with Gasteiger partial charge >= 0.3 is 0 Å². The Morgan fingerprint density at radius 3 is 2.47 bits per heavy atom. The van der Waals surface area contributed by atoms with E-state index >= 15 is 0 Å². The highest BCUT2D eigenvalue weighted by Crippen LogP contribution is 2.19. The van der Waals surface area contributed by atoms with Crippen LogP contribution in [-0.4, -0.2) is 27.9 Å². The van der Waals surface area contributed by atoms with E-state index in [2.05, 4.69) is 10.4 Å². The number of aromatic nitrogens is 2. The van der Waals surface area contributed by atoms with E-state index in [0.717, 1.165) is 16.9 Å². The van der Waals surface area contributed by atoms with Crippen LogP contribution in [0.3, 0.4) is 0 Å². The molecule has 0 aliphatic carbocycles. The smallest absolute Gasteiger partial charge is 0.271 e. The van der Waals surface area contributed by atoms with Gasteiger partial charge in [0.1, 0.15) is 5.75 Å². The van der Waals surface area contributed by atoms with Crippen LogP contribution >= 0.6 is 11.6 Å². The zero-order valence-electron chi connectivity index (χ0n) is 18.5. The molecule has 32 heavy (non-hydrogen) atoms. The van der Waals surface area contributed by atoms with Gasteiger partial charge in [-0.1, -0.05) is 29.8 Å². The second-order valence-corrected chi connectivity index (χ2v) is 8.08. The quantitative estimate of drug-likeness (QED) is 0.553. The van der Waals surface area contributed by atoms with Gasteiger partial charge in [-0.2, -0.15) is 4.68 Å². The van der Waals surface area contributed by atoms with Gasteiger partial charge in [0.2, 0.25) is 5.88 Å². The maximum Gasteiger partial charge on any atom is 0.271 e. The minimum atomic E-state index is -0.808. The summed E-state index contributed by atoms with van der Waals surface area (Å²) in [6.45, 7) is 7.75. The summed E-state index contributed by atoms with van der Waals surface area (Å²) in [7, 11) is 0. The molecule has 1 N–H and O–H groups in total. The first-order chi connectivity index (χ1) is 15.2. The predicted molar refractivity (Wildman–Crippen MR) is 124 cm³/mol. The van der Waals surface area contributed by atoms with E-state index in [1.54, 1.807) is 25.1 Å². The van der Waals surface area contributed by atoms with Crippen molar-refractivity contribution in [3.63, 3.8) is 0 Å². The van der Waals surface area contributed by atoms with Gasteiger partial charge in [0.25, 0.3) is 11.5 Å². The van der Waals surface area contributed by atoms with Gasteiger partial charge in [0.05, 0.1) is 11.8 Å². The number of hydrogen-bond donors (Lipinski definition) is 1. The Hall–Kier alpha value is -3.32. The van der Waals surface area contributed by atoms with Crippen LogP contribution in [0.5, 0.6) is 11.6 Å². The Morgan fingerprint density at radius 2 is 1.78 bits per heavy atom. The highest BCUT2D eigenvalue weighted by molar-refractivity contribution is 6.30. The fourth-order valence-electron chi connectivity index (χ4n) is 2.97. The van der Waals surface area contributed by atoms with Gasteiger partial charge < -0.3 is 14.8 Å². The molecular formula is C24H26ClN3O4. The highest BCUT2D eigenvalue weighted by Gasteiger charge is 2.16. The van der Waals surface area contributed by atoms with Crippen LogP contribution in [0.25, 0.3) is 5.69 Å². The molecule has 0 saturated heterocycles. The van der Waals surface area contributed by atoms with Crippen molar-refractivity contribution >= 4 is 17.5 Å². The lowest BCUT2D eigenvalue weighted by Crippen LogP contribution is -2.36. The van der Waals surface area contributed by atoms with Gasteiger partial charge in [0, 0.05) is 23.7 Å². The lowest BCUT2D eigenvalue weighted by atomic mass is 10.2. The molecule has 1 amide bonds. The molecule has 1 atom stereocenters. The van der Waals surface area contributed by atoms with Crippen LogP contribution < -0.4 is 20.3 Å². The number of carbonyl (C=O) groups is 1. The molecule has 1 heterocycles. The van der Waals surface area contributed by atoms with Crippen LogP contribution in [-0.2, 0) is 11.3 Å². The zero-order valence-corrected chi connectivity index (χ0v) is 19.2. The van der Waals surface area contributed by atoms with E-state index in [1.807, 2.05) is 45.0 Å². The summed E-state index contributed by atoms with van der Waals surface area (Å²) in [5.41, 5.74) is 1.99. The molecule has 3 aromatic rings. The normalized spacial score (nSPS) is 11.8. The Bertz CT molecular complexity index is 1140. The number of benzene rings is 2. The lowest BCUT2D eigenvalue weighted by Gasteiger charge is -2.15. The van der Waals surface area contributed by atoms with Gasteiger partial charge in [-0.15, -0.1) is 5.10 Å². The van der Waals surface area contributed by atoms with E-state index in [4.69, 9.17) is 21.1 Å². The molecule has 0 aliphatic heterocycles. The second kappa shape index (κ2) is 10.3. The van der Waals surface area contributed by atoms with Crippen molar-refractivity contribution in [3.05, 3.63) is 81.1 Å². The van der Waals surface area contributed by atoms with Gasteiger partial charge in [-0.05, 0) is 63.1 Å². The third kappa shape index (κ3) is 6.11. The van der Waals surface area contributed by atoms with Crippen LogP contribution in [0.4, 0.5) is 0 Å². The molecule has 0 radical (unpaired) electrons. The molecule has 0 saturated carbocycles. The van der Waals surface area contributed by atoms with E-state index in [0.29, 0.717) is 17.3 Å². The third-order valence-electron chi connectivity index (χ3n) is 4.60. The Kier molecular flexibility index (Phi) is 7.53. The minimum Gasteiger partial charge on any atom is -0.491 e. The standard InChI is InChI=1S/C24H26ClN3O4/c1-15(2)31-20-9-6-18(7-10-20)14-26-24(30)17(4)32-22-11-12-23(29)28(27-22)21-13-19(25)8-5-16(21)3/h5-13,15,17H,14H2,1-4H3,(H,26,30)/t17-/m0/s1. The maximum atomic E-state index is 12.5. The van der Waals surface area contributed by atoms with Crippen molar-refractivity contribution in [3.8, 4) is 17.3 Å². The molecule has 0 unspecified atom stereocenters. The first-order valence-electron chi connectivity index (χ1n) is 10.3. The summed E-state index contributed by atoms with van der Waals surface area (Å²) in [5.74, 6) is 0.635. The number of nitrogens with zero attached hydrogens (tertiary/aromatic N) is 2. The number of halogens is 1. The number of hydrogen-bond acceptors (Lipinski definition) is 5. The molecule has 8 heteroatoms. The topological polar surface area (TPSA) is 82.5 Å². The van der Waals surface area contributed by atoms with Crippen molar-refractivity contribution in [1.82, 2.24) is 15.1 Å². The van der Waals surface area contributed by atoms with Crippen molar-refractivity contribution in [1.29, 1.82) is 0 Å². The largest absolute Gasteiger partial charge is 0.491 e. The summed E-state index contributed by atoms with van der Waals surface area (Å²) < 4.78 is 12.5. The van der Waals surface area contributed by atoms with Gasteiger partial charge in [0.15, 0.2) is 6.10 Å². The fourth-order valence-corrected chi connectivity index (χ4v) is 3.13. The highest BCUT2D eigenvalue weighted by atomic mass is 35.5. The molecule has 0 spiro atoms. The van der Waals surface area contributed by atoms with E-state index in [-0.39, 0.29) is 23.5 Å². The number of amides is 1. The molecule has 0 aliphatic rings. The molecule has 0 bridgehead atoms. The Balaban J connectivity index is 1.64. The van der Waals surface area contributed by atoms with Gasteiger partial charge in [-0.3, -0.25) is 9.59 Å². The molecule has 0 fully saturated rings. The van der Waals surface area contributed by atoms with Crippen molar-refractivity contribution < 1.29 is 14.3 Å². The summed E-state index contributed by atoms with van der Waals surface area (Å²) in [5, 5.41) is 7.57. The number of ether oxygens (including phenoxy) is 2. The third-order valence-corrected chi connectivity index (χ3v) is 4.84. The monoisotopic (exact) mass is 455 g/mol. The fraction of sp³-hybridized carbons (Fsp3) is 0.292. The van der Waals surface area contributed by atoms with E-state index < -0.39 is 6.10 Å². The number of nitrogens with one attached hydrogen (secondary N) is 1. The minimum absolute atomic E-state index is 0.101. The molecular weight excluding hydrogens is 430 g/mol. The second-order valence-electron chi connectivity index (χ2n) is 7.64. The first kappa shape index (κ1) is 23.3. The summed E-state index contributed by atoms with van der Waals surface area (Å²) in [6.07, 6.45) is -0.707. The SMILES string of the molecule is Cc1ccc(Cl)cc1-n1nc(O[C@@H](C)C(=O)NCc2ccc(OC(C)C)cc2)ccc1=O. The van der Waals surface area contributed by atoms with E-state index in [1.165, 1.54) is 16.8 Å². The Labute approximate surface area is 191 Å². The predicted octanol–water partition coefficient (Wildman–Crippen LogP) is 4.07. The van der Waals surface area contributed by atoms with Crippen molar-refractivity contribution in [2.24, 2.45) is 0 Å². The van der Waals surface area contributed by atoms with E-state index in [9.17, 15) is 9.59 Å². The first-order valence-corrected chi connectivity index (χ1v) is 10.7. The average molecular weight is 456 g/mol. The average Bonchev–Trinajstić information content (AvgIpc) is 2.75. The Morgan fingerprint density at radius 1 is 1.06 bits per heavy atom. The lowest BCUT2D eigenvalue weighted by molar-refractivity contribution is -0.127. The maximum absolute atomic E-state index is 12.5.